The highest BCUT2D eigenvalue weighted by molar-refractivity contribution is 5.89. The van der Waals surface area contributed by atoms with Gasteiger partial charge in [-0.2, -0.15) is 5.10 Å². The van der Waals surface area contributed by atoms with Crippen LogP contribution >= 0.6 is 0 Å². The number of carbonyl (C=O) groups excluding carboxylic acids is 1. The molecule has 0 radical (unpaired) electrons. The molecular weight excluding hydrogens is 270 g/mol. The van der Waals surface area contributed by atoms with Crippen LogP contribution in [0.2, 0.25) is 0 Å². The molecule has 1 heterocycles. The minimum absolute atomic E-state index is 0.208. The Labute approximate surface area is 121 Å². The van der Waals surface area contributed by atoms with E-state index in [9.17, 15) is 9.59 Å². The van der Waals surface area contributed by atoms with E-state index in [1.807, 2.05) is 29.9 Å². The molecule has 0 fully saturated rings. The zero-order valence-electron chi connectivity index (χ0n) is 11.5. The zero-order chi connectivity index (χ0) is 15.2. The molecule has 6 nitrogen and oxygen atoms in total. The van der Waals surface area contributed by atoms with Crippen LogP contribution in [0, 0.1) is 0 Å². The second-order valence-corrected chi connectivity index (χ2v) is 4.51. The van der Waals surface area contributed by atoms with Crippen molar-refractivity contribution in [3.63, 3.8) is 0 Å². The topological polar surface area (TPSA) is 83.7 Å². The van der Waals surface area contributed by atoms with Crippen LogP contribution in [0.4, 0.5) is 0 Å². The van der Waals surface area contributed by atoms with E-state index >= 15 is 0 Å². The molecule has 0 spiro atoms. The molecule has 0 saturated carbocycles. The first kappa shape index (κ1) is 14.5. The number of amides is 1. The first-order valence-corrected chi connectivity index (χ1v) is 6.32. The van der Waals surface area contributed by atoms with Gasteiger partial charge in [-0.15, -0.1) is 0 Å². The summed E-state index contributed by atoms with van der Waals surface area (Å²) < 4.78 is 1.87. The van der Waals surface area contributed by atoms with E-state index in [4.69, 9.17) is 5.11 Å². The van der Waals surface area contributed by atoms with Crippen molar-refractivity contribution in [3.05, 3.63) is 59.4 Å². The molecular formula is C15H15N3O3. The van der Waals surface area contributed by atoms with Crippen LogP contribution in [-0.2, 0) is 18.3 Å². The number of aromatic nitrogens is 1. The van der Waals surface area contributed by atoms with Gasteiger partial charge >= 0.3 is 5.97 Å². The molecule has 0 aliphatic rings. The second kappa shape index (κ2) is 6.51. The average molecular weight is 285 g/mol. The van der Waals surface area contributed by atoms with Gasteiger partial charge in [-0.25, -0.2) is 10.2 Å². The monoisotopic (exact) mass is 285 g/mol. The standard InChI is InChI=1S/C15H15N3O3/c1-18-8-2-3-13(18)9-14(19)17-16-10-11-4-6-12(7-5-11)15(20)21/h2-8,10H,9H2,1H3,(H,17,19)(H,20,21). The molecule has 0 unspecified atom stereocenters. The van der Waals surface area contributed by atoms with Gasteiger partial charge in [0.25, 0.3) is 0 Å². The fourth-order valence-electron chi connectivity index (χ4n) is 1.77. The Kier molecular flexibility index (Phi) is 4.50. The van der Waals surface area contributed by atoms with Gasteiger partial charge in [-0.05, 0) is 29.8 Å². The highest BCUT2D eigenvalue weighted by Gasteiger charge is 2.04. The summed E-state index contributed by atoms with van der Waals surface area (Å²) in [4.78, 5) is 22.4. The maximum absolute atomic E-state index is 11.7. The van der Waals surface area contributed by atoms with E-state index in [1.165, 1.54) is 18.3 Å². The third-order valence-electron chi connectivity index (χ3n) is 2.95. The Morgan fingerprint density at radius 3 is 2.57 bits per heavy atom. The number of aryl methyl sites for hydroxylation is 1. The van der Waals surface area contributed by atoms with Gasteiger partial charge in [0.05, 0.1) is 18.2 Å². The van der Waals surface area contributed by atoms with Crippen molar-refractivity contribution in [2.75, 3.05) is 0 Å². The van der Waals surface area contributed by atoms with Crippen LogP contribution in [-0.4, -0.2) is 27.8 Å². The van der Waals surface area contributed by atoms with E-state index in [-0.39, 0.29) is 17.9 Å². The van der Waals surface area contributed by atoms with Crippen molar-refractivity contribution >= 4 is 18.1 Å². The predicted molar refractivity (Wildman–Crippen MR) is 78.3 cm³/mol. The van der Waals surface area contributed by atoms with E-state index in [0.717, 1.165) is 5.69 Å². The molecule has 2 rings (SSSR count). The second-order valence-electron chi connectivity index (χ2n) is 4.51. The van der Waals surface area contributed by atoms with Crippen LogP contribution in [0.3, 0.4) is 0 Å². The molecule has 2 N–H and O–H groups in total. The van der Waals surface area contributed by atoms with Gasteiger partial charge in [0.15, 0.2) is 0 Å². The third-order valence-corrected chi connectivity index (χ3v) is 2.95. The lowest BCUT2D eigenvalue weighted by Crippen LogP contribution is -2.20. The highest BCUT2D eigenvalue weighted by Crippen LogP contribution is 2.02. The summed E-state index contributed by atoms with van der Waals surface area (Å²) in [6, 6.07) is 9.95. The molecule has 1 aromatic carbocycles. The van der Waals surface area contributed by atoms with Crippen molar-refractivity contribution in [1.82, 2.24) is 9.99 Å². The Bertz CT molecular complexity index is 672. The van der Waals surface area contributed by atoms with Crippen molar-refractivity contribution in [3.8, 4) is 0 Å². The molecule has 0 aliphatic carbocycles. The molecule has 21 heavy (non-hydrogen) atoms. The van der Waals surface area contributed by atoms with Crippen LogP contribution in [0.1, 0.15) is 21.6 Å². The third kappa shape index (κ3) is 4.04. The van der Waals surface area contributed by atoms with Crippen molar-refractivity contribution < 1.29 is 14.7 Å². The summed E-state index contributed by atoms with van der Waals surface area (Å²) in [6.45, 7) is 0. The number of hydrogen-bond donors (Lipinski definition) is 2. The molecule has 2 aromatic rings. The summed E-state index contributed by atoms with van der Waals surface area (Å²) >= 11 is 0. The van der Waals surface area contributed by atoms with Crippen molar-refractivity contribution in [2.24, 2.45) is 12.1 Å². The number of hydrazone groups is 1. The van der Waals surface area contributed by atoms with E-state index in [0.29, 0.717) is 5.56 Å². The smallest absolute Gasteiger partial charge is 0.335 e. The Morgan fingerprint density at radius 2 is 2.00 bits per heavy atom. The molecule has 0 saturated heterocycles. The minimum atomic E-state index is -0.977. The first-order valence-electron chi connectivity index (χ1n) is 6.32. The normalized spacial score (nSPS) is 10.7. The highest BCUT2D eigenvalue weighted by atomic mass is 16.4. The molecule has 1 amide bonds. The summed E-state index contributed by atoms with van der Waals surface area (Å²) in [7, 11) is 1.87. The Morgan fingerprint density at radius 1 is 1.29 bits per heavy atom. The molecule has 108 valence electrons. The van der Waals surface area contributed by atoms with Crippen LogP contribution in [0.15, 0.2) is 47.7 Å². The maximum atomic E-state index is 11.7. The van der Waals surface area contributed by atoms with E-state index in [2.05, 4.69) is 10.5 Å². The van der Waals surface area contributed by atoms with Gasteiger partial charge in [0.2, 0.25) is 5.91 Å². The number of aromatic carboxylic acids is 1. The SMILES string of the molecule is Cn1cccc1CC(=O)NN=Cc1ccc(C(=O)O)cc1. The number of nitrogens with one attached hydrogen (secondary N) is 1. The first-order chi connectivity index (χ1) is 10.1. The number of carboxylic acids is 1. The quantitative estimate of drug-likeness (QED) is 0.643. The summed E-state index contributed by atoms with van der Waals surface area (Å²) in [6.07, 6.45) is 3.59. The lowest BCUT2D eigenvalue weighted by Gasteiger charge is -2.02. The summed E-state index contributed by atoms with van der Waals surface area (Å²) in [5.74, 6) is -1.19. The Balaban J connectivity index is 1.88. The van der Waals surface area contributed by atoms with Crippen molar-refractivity contribution in [1.29, 1.82) is 0 Å². The largest absolute Gasteiger partial charge is 0.478 e. The van der Waals surface area contributed by atoms with Gasteiger partial charge in [-0.1, -0.05) is 12.1 Å². The lowest BCUT2D eigenvalue weighted by atomic mass is 10.1. The predicted octanol–water partition coefficient (Wildman–Crippen LogP) is 1.42. The number of carbonyl (C=O) groups is 2. The minimum Gasteiger partial charge on any atom is -0.478 e. The molecule has 0 aliphatic heterocycles. The summed E-state index contributed by atoms with van der Waals surface area (Å²) in [5, 5.41) is 12.6. The number of nitrogens with zero attached hydrogens (tertiary/aromatic N) is 2. The van der Waals surface area contributed by atoms with Crippen LogP contribution < -0.4 is 5.43 Å². The Hall–Kier alpha value is -2.89. The number of rotatable bonds is 5. The van der Waals surface area contributed by atoms with Gasteiger partial charge in [0.1, 0.15) is 0 Å². The van der Waals surface area contributed by atoms with Crippen LogP contribution in [0.5, 0.6) is 0 Å². The van der Waals surface area contributed by atoms with Gasteiger partial charge in [0, 0.05) is 18.9 Å². The number of benzene rings is 1. The van der Waals surface area contributed by atoms with Gasteiger partial charge in [-0.3, -0.25) is 4.79 Å². The molecule has 6 heteroatoms. The fraction of sp³-hybridized carbons (Fsp3) is 0.133. The van der Waals surface area contributed by atoms with E-state index < -0.39 is 5.97 Å². The zero-order valence-corrected chi connectivity index (χ0v) is 11.5. The molecule has 1 aromatic heterocycles. The van der Waals surface area contributed by atoms with Crippen LogP contribution in [0.25, 0.3) is 0 Å². The average Bonchev–Trinajstić information content (AvgIpc) is 2.85. The fourth-order valence-corrected chi connectivity index (χ4v) is 1.77. The lowest BCUT2D eigenvalue weighted by molar-refractivity contribution is -0.120. The number of carboxylic acid groups (broad SMARTS) is 1. The molecule has 0 bridgehead atoms. The maximum Gasteiger partial charge on any atom is 0.335 e. The van der Waals surface area contributed by atoms with E-state index in [1.54, 1.807) is 12.1 Å². The van der Waals surface area contributed by atoms with Gasteiger partial charge < -0.3 is 9.67 Å². The molecule has 0 atom stereocenters. The van der Waals surface area contributed by atoms with Crippen molar-refractivity contribution in [2.45, 2.75) is 6.42 Å². The number of hydrogen-bond acceptors (Lipinski definition) is 3. The summed E-state index contributed by atoms with van der Waals surface area (Å²) in [5.41, 5.74) is 4.25.